The minimum absolute atomic E-state index is 0.188. The summed E-state index contributed by atoms with van der Waals surface area (Å²) >= 11 is 3.32. The first-order chi connectivity index (χ1) is 14.5. The van der Waals surface area contributed by atoms with E-state index in [4.69, 9.17) is 9.72 Å². The molecule has 0 spiro atoms. The fraction of sp³-hybridized carbons (Fsp3) is 0.261. The van der Waals surface area contributed by atoms with Crippen molar-refractivity contribution in [2.75, 3.05) is 0 Å². The molecule has 0 aliphatic carbocycles. The van der Waals surface area contributed by atoms with Gasteiger partial charge in [-0.05, 0) is 38.5 Å². The molecular formula is C23H24N4OS2. The molecule has 0 bridgehead atoms. The van der Waals surface area contributed by atoms with Crippen LogP contribution in [0.2, 0.25) is 0 Å². The van der Waals surface area contributed by atoms with E-state index >= 15 is 0 Å². The average molecular weight is 437 g/mol. The molecule has 0 radical (unpaired) electrons. The normalized spacial score (nSPS) is 12.1. The predicted octanol–water partition coefficient (Wildman–Crippen LogP) is 5.99. The zero-order chi connectivity index (χ0) is 21.1. The van der Waals surface area contributed by atoms with Crippen molar-refractivity contribution in [2.24, 2.45) is 7.05 Å². The molecule has 7 heteroatoms. The van der Waals surface area contributed by atoms with Crippen molar-refractivity contribution < 1.29 is 4.74 Å². The molecule has 1 atom stereocenters. The highest BCUT2D eigenvalue weighted by Crippen LogP contribution is 2.30. The van der Waals surface area contributed by atoms with Gasteiger partial charge >= 0.3 is 0 Å². The van der Waals surface area contributed by atoms with Crippen LogP contribution in [0, 0.1) is 13.8 Å². The van der Waals surface area contributed by atoms with E-state index in [1.54, 1.807) is 23.1 Å². The number of aryl methyl sites for hydroxylation is 2. The highest BCUT2D eigenvalue weighted by Gasteiger charge is 2.18. The molecule has 0 saturated heterocycles. The van der Waals surface area contributed by atoms with Gasteiger partial charge in [-0.1, -0.05) is 53.7 Å². The summed E-state index contributed by atoms with van der Waals surface area (Å²) in [5.41, 5.74) is 4.70. The van der Waals surface area contributed by atoms with Crippen LogP contribution in [0.5, 0.6) is 5.75 Å². The maximum atomic E-state index is 6.03. The van der Waals surface area contributed by atoms with Gasteiger partial charge < -0.3 is 9.30 Å². The van der Waals surface area contributed by atoms with Crippen LogP contribution in [0.3, 0.4) is 0 Å². The van der Waals surface area contributed by atoms with Crippen LogP contribution in [-0.2, 0) is 12.8 Å². The number of thioether (sulfide) groups is 1. The first-order valence-electron chi connectivity index (χ1n) is 9.77. The Bertz CT molecular complexity index is 1130. The highest BCUT2D eigenvalue weighted by molar-refractivity contribution is 7.98. The number of ether oxygens (including phenoxy) is 1. The molecule has 1 unspecified atom stereocenters. The number of rotatable bonds is 7. The summed E-state index contributed by atoms with van der Waals surface area (Å²) in [6, 6.07) is 16.4. The molecule has 2 aromatic heterocycles. The van der Waals surface area contributed by atoms with Gasteiger partial charge in [-0.3, -0.25) is 0 Å². The lowest BCUT2D eigenvalue weighted by Gasteiger charge is -2.14. The molecule has 2 aromatic carbocycles. The summed E-state index contributed by atoms with van der Waals surface area (Å²) in [4.78, 5) is 4.81. The summed E-state index contributed by atoms with van der Waals surface area (Å²) in [5.74, 6) is 2.38. The molecule has 2 heterocycles. The van der Waals surface area contributed by atoms with E-state index in [-0.39, 0.29) is 6.10 Å². The van der Waals surface area contributed by atoms with E-state index in [1.807, 2.05) is 42.8 Å². The van der Waals surface area contributed by atoms with Crippen molar-refractivity contribution in [3.8, 4) is 16.3 Å². The second-order valence-corrected chi connectivity index (χ2v) is 9.02. The Morgan fingerprint density at radius 2 is 1.83 bits per heavy atom. The van der Waals surface area contributed by atoms with Crippen LogP contribution in [0.1, 0.15) is 35.7 Å². The summed E-state index contributed by atoms with van der Waals surface area (Å²) in [6.45, 7) is 6.17. The van der Waals surface area contributed by atoms with Crippen molar-refractivity contribution in [2.45, 2.75) is 37.8 Å². The van der Waals surface area contributed by atoms with E-state index in [2.05, 4.69) is 53.7 Å². The Morgan fingerprint density at radius 1 is 1.07 bits per heavy atom. The topological polar surface area (TPSA) is 52.8 Å². The molecule has 4 rings (SSSR count). The third-order valence-electron chi connectivity index (χ3n) is 4.84. The van der Waals surface area contributed by atoms with Gasteiger partial charge in [0.1, 0.15) is 10.8 Å². The van der Waals surface area contributed by atoms with E-state index < -0.39 is 0 Å². The summed E-state index contributed by atoms with van der Waals surface area (Å²) < 4.78 is 8.03. The average Bonchev–Trinajstić information content (AvgIpc) is 3.35. The minimum atomic E-state index is -0.188. The van der Waals surface area contributed by atoms with Gasteiger partial charge in [0.25, 0.3) is 0 Å². The minimum Gasteiger partial charge on any atom is -0.483 e. The molecule has 30 heavy (non-hydrogen) atoms. The molecule has 0 fully saturated rings. The van der Waals surface area contributed by atoms with Gasteiger partial charge in [0.2, 0.25) is 0 Å². The summed E-state index contributed by atoms with van der Waals surface area (Å²) in [6.07, 6.45) is -0.188. The SMILES string of the molecule is Cc1ccc(OC(C)c2nnc(SCc3csc(-c4ccccc4C)n3)n2C)cc1. The van der Waals surface area contributed by atoms with Crippen LogP contribution >= 0.6 is 23.1 Å². The lowest BCUT2D eigenvalue weighted by atomic mass is 10.1. The molecule has 5 nitrogen and oxygen atoms in total. The quantitative estimate of drug-likeness (QED) is 0.333. The van der Waals surface area contributed by atoms with Gasteiger partial charge in [-0.25, -0.2) is 4.98 Å². The molecule has 0 aliphatic heterocycles. The van der Waals surface area contributed by atoms with Crippen LogP contribution in [-0.4, -0.2) is 19.7 Å². The van der Waals surface area contributed by atoms with Gasteiger partial charge in [0.15, 0.2) is 17.1 Å². The Hall–Kier alpha value is -2.64. The van der Waals surface area contributed by atoms with Gasteiger partial charge in [0.05, 0.1) is 5.69 Å². The zero-order valence-electron chi connectivity index (χ0n) is 17.5. The number of hydrogen-bond donors (Lipinski definition) is 0. The van der Waals surface area contributed by atoms with E-state index in [0.29, 0.717) is 0 Å². The van der Waals surface area contributed by atoms with E-state index in [1.165, 1.54) is 16.7 Å². The Morgan fingerprint density at radius 3 is 2.60 bits per heavy atom. The third kappa shape index (κ3) is 4.57. The van der Waals surface area contributed by atoms with Crippen molar-refractivity contribution >= 4 is 23.1 Å². The number of nitrogens with zero attached hydrogens (tertiary/aromatic N) is 4. The molecule has 154 valence electrons. The fourth-order valence-electron chi connectivity index (χ4n) is 3.13. The number of hydrogen-bond acceptors (Lipinski definition) is 6. The second-order valence-electron chi connectivity index (χ2n) is 7.22. The summed E-state index contributed by atoms with van der Waals surface area (Å²) in [7, 11) is 1.98. The molecule has 0 aliphatic rings. The maximum Gasteiger partial charge on any atom is 0.191 e. The van der Waals surface area contributed by atoms with E-state index in [9.17, 15) is 0 Å². The third-order valence-corrected chi connectivity index (χ3v) is 6.82. The highest BCUT2D eigenvalue weighted by atomic mass is 32.2. The molecule has 0 amide bonds. The zero-order valence-corrected chi connectivity index (χ0v) is 19.1. The Balaban J connectivity index is 1.41. The van der Waals surface area contributed by atoms with Crippen molar-refractivity contribution in [1.82, 2.24) is 19.7 Å². The molecular weight excluding hydrogens is 412 g/mol. The largest absolute Gasteiger partial charge is 0.483 e. The number of benzene rings is 2. The van der Waals surface area contributed by atoms with Crippen LogP contribution < -0.4 is 4.74 Å². The van der Waals surface area contributed by atoms with Crippen molar-refractivity contribution in [1.29, 1.82) is 0 Å². The second kappa shape index (κ2) is 9.02. The van der Waals surface area contributed by atoms with Gasteiger partial charge in [-0.2, -0.15) is 0 Å². The Labute approximate surface area is 185 Å². The smallest absolute Gasteiger partial charge is 0.191 e. The lowest BCUT2D eigenvalue weighted by molar-refractivity contribution is 0.211. The first-order valence-corrected chi connectivity index (χ1v) is 11.6. The molecule has 0 N–H and O–H groups in total. The predicted molar refractivity (Wildman–Crippen MR) is 123 cm³/mol. The molecule has 4 aromatic rings. The summed E-state index contributed by atoms with van der Waals surface area (Å²) in [5, 5.41) is 12.7. The van der Waals surface area contributed by atoms with Crippen molar-refractivity contribution in [3.05, 3.63) is 76.6 Å². The lowest BCUT2D eigenvalue weighted by Crippen LogP contribution is -2.10. The van der Waals surface area contributed by atoms with E-state index in [0.717, 1.165) is 33.2 Å². The Kier molecular flexibility index (Phi) is 6.20. The molecule has 0 saturated carbocycles. The fourth-order valence-corrected chi connectivity index (χ4v) is 4.95. The van der Waals surface area contributed by atoms with Crippen LogP contribution in [0.25, 0.3) is 10.6 Å². The number of aromatic nitrogens is 4. The van der Waals surface area contributed by atoms with Gasteiger partial charge in [-0.15, -0.1) is 21.5 Å². The maximum absolute atomic E-state index is 6.03. The monoisotopic (exact) mass is 436 g/mol. The number of thiazole rings is 1. The standard InChI is InChI=1S/C23H24N4OS2/c1-15-9-11-19(12-10-15)28-17(3)21-25-26-23(27(21)4)30-14-18-13-29-22(24-18)20-8-6-5-7-16(20)2/h5-13,17H,14H2,1-4H3. The van der Waals surface area contributed by atoms with Crippen molar-refractivity contribution in [3.63, 3.8) is 0 Å². The first kappa shape index (κ1) is 20.6. The van der Waals surface area contributed by atoms with Crippen LogP contribution in [0.4, 0.5) is 0 Å². The van der Waals surface area contributed by atoms with Gasteiger partial charge in [0, 0.05) is 23.7 Å². The van der Waals surface area contributed by atoms with Crippen LogP contribution in [0.15, 0.2) is 59.1 Å².